The van der Waals surface area contributed by atoms with Crippen LogP contribution < -0.4 is 0 Å². The van der Waals surface area contributed by atoms with Gasteiger partial charge in [0, 0.05) is 12.3 Å². The molecule has 1 fully saturated rings. The van der Waals surface area contributed by atoms with Gasteiger partial charge in [0.2, 0.25) is 0 Å². The summed E-state index contributed by atoms with van der Waals surface area (Å²) < 4.78 is 0. The third kappa shape index (κ3) is 1.57. The third-order valence-corrected chi connectivity index (χ3v) is 3.18. The van der Waals surface area contributed by atoms with Gasteiger partial charge in [0.15, 0.2) is 5.82 Å². The molecule has 3 nitrogen and oxygen atoms in total. The highest BCUT2D eigenvalue weighted by molar-refractivity contribution is 7.07. The summed E-state index contributed by atoms with van der Waals surface area (Å²) in [7, 11) is 0. The molecule has 1 aliphatic rings. The molecule has 3 rings (SSSR count). The van der Waals surface area contributed by atoms with Crippen LogP contribution in [0.25, 0.3) is 0 Å². The van der Waals surface area contributed by atoms with Crippen LogP contribution >= 0.6 is 11.3 Å². The summed E-state index contributed by atoms with van der Waals surface area (Å²) in [5.74, 6) is 2.64. The molecule has 0 amide bonds. The summed E-state index contributed by atoms with van der Waals surface area (Å²) in [6, 6.07) is 2.13. The number of aromatic nitrogens is 3. The smallest absolute Gasteiger partial charge is 0.153 e. The van der Waals surface area contributed by atoms with Crippen molar-refractivity contribution in [1.82, 2.24) is 15.2 Å². The van der Waals surface area contributed by atoms with E-state index in [9.17, 15) is 0 Å². The van der Waals surface area contributed by atoms with Gasteiger partial charge in [0.1, 0.15) is 5.82 Å². The van der Waals surface area contributed by atoms with Crippen molar-refractivity contribution in [3.63, 3.8) is 0 Å². The molecule has 1 N–H and O–H groups in total. The summed E-state index contributed by atoms with van der Waals surface area (Å²) in [6.45, 7) is 0. The molecule has 2 aromatic rings. The molecule has 0 saturated heterocycles. The van der Waals surface area contributed by atoms with Crippen LogP contribution in [0.1, 0.15) is 36.0 Å². The van der Waals surface area contributed by atoms with Crippen LogP contribution in [0, 0.1) is 0 Å². The van der Waals surface area contributed by atoms with Gasteiger partial charge in [-0.25, -0.2) is 4.98 Å². The highest BCUT2D eigenvalue weighted by atomic mass is 32.1. The van der Waals surface area contributed by atoms with E-state index in [2.05, 4.69) is 32.0 Å². The molecule has 2 heterocycles. The fourth-order valence-electron chi connectivity index (χ4n) is 1.50. The molecule has 1 saturated carbocycles. The Morgan fingerprint density at radius 2 is 2.43 bits per heavy atom. The lowest BCUT2D eigenvalue weighted by atomic mass is 10.2. The highest BCUT2D eigenvalue weighted by Gasteiger charge is 2.27. The number of nitrogens with zero attached hydrogens (tertiary/aromatic N) is 2. The van der Waals surface area contributed by atoms with Crippen molar-refractivity contribution in [2.75, 3.05) is 0 Å². The lowest BCUT2D eigenvalue weighted by Crippen LogP contribution is -1.88. The summed E-state index contributed by atoms with van der Waals surface area (Å²) in [5, 5.41) is 11.5. The van der Waals surface area contributed by atoms with E-state index in [-0.39, 0.29) is 0 Å². The normalized spacial score (nSPS) is 16.0. The van der Waals surface area contributed by atoms with Crippen molar-refractivity contribution in [2.24, 2.45) is 0 Å². The number of aromatic amines is 1. The average Bonchev–Trinajstić information content (AvgIpc) is 2.75. The SMILES string of the molecule is c1cc(Cc2nc(C3CC3)n[nH]2)cs1. The fourth-order valence-corrected chi connectivity index (χ4v) is 2.17. The van der Waals surface area contributed by atoms with Crippen molar-refractivity contribution in [1.29, 1.82) is 0 Å². The van der Waals surface area contributed by atoms with Gasteiger partial charge in [-0.05, 0) is 35.2 Å². The molecule has 0 radical (unpaired) electrons. The number of H-pyrrole nitrogens is 1. The number of thiophene rings is 1. The van der Waals surface area contributed by atoms with E-state index < -0.39 is 0 Å². The first kappa shape index (κ1) is 8.17. The average molecular weight is 205 g/mol. The second kappa shape index (κ2) is 3.20. The molecule has 4 heteroatoms. The second-order valence-corrected chi connectivity index (χ2v) is 4.50. The number of rotatable bonds is 3. The van der Waals surface area contributed by atoms with E-state index in [1.807, 2.05) is 0 Å². The lowest BCUT2D eigenvalue weighted by Gasteiger charge is -1.90. The van der Waals surface area contributed by atoms with Crippen LogP contribution in [-0.2, 0) is 6.42 Å². The van der Waals surface area contributed by atoms with Gasteiger partial charge < -0.3 is 0 Å². The van der Waals surface area contributed by atoms with Crippen molar-refractivity contribution in [2.45, 2.75) is 25.2 Å². The van der Waals surface area contributed by atoms with E-state index in [1.54, 1.807) is 11.3 Å². The predicted octanol–water partition coefficient (Wildman–Crippen LogP) is 2.33. The quantitative estimate of drug-likeness (QED) is 0.835. The minimum atomic E-state index is 0.641. The minimum absolute atomic E-state index is 0.641. The lowest BCUT2D eigenvalue weighted by molar-refractivity contribution is 0.933. The fraction of sp³-hybridized carbons (Fsp3) is 0.400. The number of hydrogen-bond acceptors (Lipinski definition) is 3. The molecule has 0 spiro atoms. The Kier molecular flexibility index (Phi) is 1.87. The maximum atomic E-state index is 4.49. The van der Waals surface area contributed by atoms with E-state index in [1.165, 1.54) is 18.4 Å². The second-order valence-electron chi connectivity index (χ2n) is 3.72. The Balaban J connectivity index is 1.76. The van der Waals surface area contributed by atoms with Crippen molar-refractivity contribution in [3.8, 4) is 0 Å². The summed E-state index contributed by atoms with van der Waals surface area (Å²) in [4.78, 5) is 4.49. The number of hydrogen-bond donors (Lipinski definition) is 1. The Morgan fingerprint density at radius 1 is 1.50 bits per heavy atom. The zero-order valence-corrected chi connectivity index (χ0v) is 8.55. The Hall–Kier alpha value is -1.16. The monoisotopic (exact) mass is 205 g/mol. The molecule has 2 aromatic heterocycles. The van der Waals surface area contributed by atoms with E-state index >= 15 is 0 Å². The van der Waals surface area contributed by atoms with Crippen LogP contribution in [-0.4, -0.2) is 15.2 Å². The Bertz CT molecular complexity index is 414. The first-order valence-corrected chi connectivity index (χ1v) is 5.78. The first-order chi connectivity index (χ1) is 6.92. The minimum Gasteiger partial charge on any atom is -0.263 e. The van der Waals surface area contributed by atoms with Gasteiger partial charge in [-0.3, -0.25) is 5.10 Å². The van der Waals surface area contributed by atoms with Gasteiger partial charge in [-0.15, -0.1) is 0 Å². The Labute approximate surface area is 86.2 Å². The molecule has 0 aliphatic heterocycles. The molecule has 1 aliphatic carbocycles. The maximum absolute atomic E-state index is 4.49. The van der Waals surface area contributed by atoms with Crippen molar-refractivity contribution >= 4 is 11.3 Å². The summed E-state index contributed by atoms with van der Waals surface area (Å²) >= 11 is 1.72. The zero-order valence-electron chi connectivity index (χ0n) is 7.73. The number of nitrogens with one attached hydrogen (secondary N) is 1. The summed E-state index contributed by atoms with van der Waals surface area (Å²) in [5.41, 5.74) is 1.31. The van der Waals surface area contributed by atoms with Gasteiger partial charge in [-0.1, -0.05) is 0 Å². The van der Waals surface area contributed by atoms with Crippen molar-refractivity contribution in [3.05, 3.63) is 34.0 Å². The maximum Gasteiger partial charge on any atom is 0.153 e. The molecule has 0 aromatic carbocycles. The Morgan fingerprint density at radius 3 is 3.14 bits per heavy atom. The summed E-state index contributed by atoms with van der Waals surface area (Å²) in [6.07, 6.45) is 3.40. The first-order valence-electron chi connectivity index (χ1n) is 4.84. The van der Waals surface area contributed by atoms with Crippen LogP contribution in [0.4, 0.5) is 0 Å². The van der Waals surface area contributed by atoms with E-state index in [0.717, 1.165) is 18.1 Å². The molecule has 72 valence electrons. The van der Waals surface area contributed by atoms with E-state index in [0.29, 0.717) is 5.92 Å². The predicted molar refractivity (Wildman–Crippen MR) is 55.5 cm³/mol. The van der Waals surface area contributed by atoms with Gasteiger partial charge in [0.05, 0.1) is 0 Å². The highest BCUT2D eigenvalue weighted by Crippen LogP contribution is 2.37. The largest absolute Gasteiger partial charge is 0.263 e. The van der Waals surface area contributed by atoms with Gasteiger partial charge in [0.25, 0.3) is 0 Å². The van der Waals surface area contributed by atoms with E-state index in [4.69, 9.17) is 0 Å². The molecule has 0 atom stereocenters. The van der Waals surface area contributed by atoms with Crippen LogP contribution in [0.3, 0.4) is 0 Å². The molecular weight excluding hydrogens is 194 g/mol. The molecule has 14 heavy (non-hydrogen) atoms. The van der Waals surface area contributed by atoms with Gasteiger partial charge in [-0.2, -0.15) is 16.4 Å². The van der Waals surface area contributed by atoms with Crippen molar-refractivity contribution < 1.29 is 0 Å². The third-order valence-electron chi connectivity index (χ3n) is 2.44. The topological polar surface area (TPSA) is 41.6 Å². The van der Waals surface area contributed by atoms with Crippen LogP contribution in [0.15, 0.2) is 16.8 Å². The van der Waals surface area contributed by atoms with Crippen LogP contribution in [0.2, 0.25) is 0 Å². The molecular formula is C10H11N3S. The zero-order chi connectivity index (χ0) is 9.38. The molecule has 0 unspecified atom stereocenters. The van der Waals surface area contributed by atoms with Crippen LogP contribution in [0.5, 0.6) is 0 Å². The molecule has 0 bridgehead atoms. The van der Waals surface area contributed by atoms with Gasteiger partial charge >= 0.3 is 0 Å². The standard InChI is InChI=1S/C10H11N3S/c1-2-8(1)10-11-9(12-13-10)5-7-3-4-14-6-7/h3-4,6,8H,1-2,5H2,(H,11,12,13).